The average Bonchev–Trinajstić information content (AvgIpc) is 2.74. The van der Waals surface area contributed by atoms with Crippen molar-refractivity contribution >= 4 is 22.8 Å². The molecule has 2 rings (SSSR count). The number of fused-ring (bicyclic) bond motifs is 1. The van der Waals surface area contributed by atoms with Crippen molar-refractivity contribution in [2.24, 2.45) is 7.05 Å². The molecular formula is C13H17ClN4O2. The van der Waals surface area contributed by atoms with Gasteiger partial charge in [0.2, 0.25) is 5.28 Å². The molecule has 6 nitrogen and oxygen atoms in total. The largest absolute Gasteiger partial charge is 0.332 e. The zero-order chi connectivity index (χ0) is 14.9. The minimum absolute atomic E-state index is 0.188. The predicted octanol–water partition coefficient (Wildman–Crippen LogP) is 1.54. The van der Waals surface area contributed by atoms with Gasteiger partial charge < -0.3 is 4.57 Å². The fraction of sp³-hybridized carbons (Fsp3) is 0.462. The number of imidazole rings is 1. The lowest BCUT2D eigenvalue weighted by Crippen LogP contribution is -2.38. The van der Waals surface area contributed by atoms with Gasteiger partial charge in [0.15, 0.2) is 11.2 Å². The molecule has 0 aliphatic carbocycles. The molecule has 0 atom stereocenters. The van der Waals surface area contributed by atoms with E-state index in [4.69, 9.17) is 11.6 Å². The third-order valence-corrected chi connectivity index (χ3v) is 3.52. The highest BCUT2D eigenvalue weighted by Crippen LogP contribution is 2.16. The lowest BCUT2D eigenvalue weighted by atomic mass is 10.3. The van der Waals surface area contributed by atoms with Gasteiger partial charge in [-0.05, 0) is 18.0 Å². The lowest BCUT2D eigenvalue weighted by molar-refractivity contribution is 0.583. The average molecular weight is 297 g/mol. The maximum atomic E-state index is 12.3. The van der Waals surface area contributed by atoms with Gasteiger partial charge in [0, 0.05) is 20.1 Å². The molecule has 20 heavy (non-hydrogen) atoms. The second-order valence-electron chi connectivity index (χ2n) is 4.60. The summed E-state index contributed by atoms with van der Waals surface area (Å²) < 4.78 is 4.16. The summed E-state index contributed by atoms with van der Waals surface area (Å²) >= 11 is 6.07. The van der Waals surface area contributed by atoms with Crippen molar-refractivity contribution in [3.8, 4) is 0 Å². The minimum atomic E-state index is -0.390. The van der Waals surface area contributed by atoms with Gasteiger partial charge in [-0.1, -0.05) is 19.4 Å². The number of hydrogen-bond acceptors (Lipinski definition) is 3. The molecule has 0 bridgehead atoms. The van der Waals surface area contributed by atoms with E-state index in [1.165, 1.54) is 11.6 Å². The summed E-state index contributed by atoms with van der Waals surface area (Å²) in [5, 5.41) is 0.188. The lowest BCUT2D eigenvalue weighted by Gasteiger charge is -2.08. The van der Waals surface area contributed by atoms with Crippen LogP contribution in [0, 0.1) is 0 Å². The molecule has 0 saturated heterocycles. The molecule has 0 N–H and O–H groups in total. The molecular weight excluding hydrogens is 280 g/mol. The van der Waals surface area contributed by atoms with Crippen LogP contribution >= 0.6 is 11.6 Å². The molecule has 0 radical (unpaired) electrons. The van der Waals surface area contributed by atoms with Crippen molar-refractivity contribution in [2.75, 3.05) is 0 Å². The Morgan fingerprint density at radius 2 is 2.05 bits per heavy atom. The first-order chi connectivity index (χ1) is 9.52. The van der Waals surface area contributed by atoms with E-state index in [1.807, 2.05) is 6.92 Å². The summed E-state index contributed by atoms with van der Waals surface area (Å²) in [5.74, 6) is 0. The summed E-state index contributed by atoms with van der Waals surface area (Å²) in [5.41, 5.74) is -0.0682. The van der Waals surface area contributed by atoms with Crippen LogP contribution in [-0.4, -0.2) is 18.7 Å². The Morgan fingerprint density at radius 1 is 1.35 bits per heavy atom. The number of halogens is 1. The van der Waals surface area contributed by atoms with Gasteiger partial charge in [-0.25, -0.2) is 4.79 Å². The summed E-state index contributed by atoms with van der Waals surface area (Å²) in [7, 11) is 1.46. The van der Waals surface area contributed by atoms with E-state index in [9.17, 15) is 9.59 Å². The van der Waals surface area contributed by atoms with Gasteiger partial charge >= 0.3 is 5.69 Å². The second-order valence-corrected chi connectivity index (χ2v) is 4.94. The van der Waals surface area contributed by atoms with Crippen LogP contribution in [0.25, 0.3) is 11.2 Å². The molecule has 0 aliphatic rings. The maximum absolute atomic E-state index is 12.3. The van der Waals surface area contributed by atoms with Gasteiger partial charge in [0.05, 0.1) is 0 Å². The summed E-state index contributed by atoms with van der Waals surface area (Å²) in [6, 6.07) is 0. The standard InChI is InChI=1S/C13H17ClN4O2/c1-4-6-8-18-10-9(11(19)16(3)13(18)20)17(7-5-2)12(14)15-10/h5H,2,4,6-8H2,1,3H3. The van der Waals surface area contributed by atoms with Gasteiger partial charge in [0.25, 0.3) is 5.56 Å². The SMILES string of the molecule is C=CCn1c(Cl)nc2c1c(=O)n(C)c(=O)n2CCCC. The van der Waals surface area contributed by atoms with Gasteiger partial charge in [-0.3, -0.25) is 13.9 Å². The number of nitrogens with zero attached hydrogens (tertiary/aromatic N) is 4. The first-order valence-electron chi connectivity index (χ1n) is 6.49. The molecule has 0 aromatic carbocycles. The smallest absolute Gasteiger partial charge is 0.305 e. The molecule has 7 heteroatoms. The first-order valence-corrected chi connectivity index (χ1v) is 6.87. The highest BCUT2D eigenvalue weighted by atomic mass is 35.5. The molecule has 0 unspecified atom stereocenters. The monoisotopic (exact) mass is 296 g/mol. The van der Waals surface area contributed by atoms with E-state index in [-0.39, 0.29) is 16.5 Å². The maximum Gasteiger partial charge on any atom is 0.332 e. The van der Waals surface area contributed by atoms with Crippen LogP contribution in [0.2, 0.25) is 5.28 Å². The van der Waals surface area contributed by atoms with E-state index in [0.29, 0.717) is 24.3 Å². The predicted molar refractivity (Wildman–Crippen MR) is 79.3 cm³/mol. The van der Waals surface area contributed by atoms with Crippen LogP contribution in [0.15, 0.2) is 22.2 Å². The number of allylic oxidation sites excluding steroid dienone is 1. The highest BCUT2D eigenvalue weighted by Gasteiger charge is 2.18. The van der Waals surface area contributed by atoms with Gasteiger partial charge in [-0.2, -0.15) is 4.98 Å². The Kier molecular flexibility index (Phi) is 4.13. The first kappa shape index (κ1) is 14.6. The van der Waals surface area contributed by atoms with E-state index in [1.54, 1.807) is 10.6 Å². The van der Waals surface area contributed by atoms with Crippen LogP contribution < -0.4 is 11.2 Å². The second kappa shape index (κ2) is 5.66. The Morgan fingerprint density at radius 3 is 2.65 bits per heavy atom. The number of aryl methyl sites for hydroxylation is 1. The van der Waals surface area contributed by atoms with Crippen molar-refractivity contribution in [1.29, 1.82) is 0 Å². The molecule has 2 aromatic heterocycles. The Labute approximate surface area is 120 Å². The Balaban J connectivity index is 2.86. The molecule has 0 saturated carbocycles. The van der Waals surface area contributed by atoms with Crippen LogP contribution in [0.4, 0.5) is 0 Å². The van der Waals surface area contributed by atoms with Crippen LogP contribution in [0.3, 0.4) is 0 Å². The summed E-state index contributed by atoms with van der Waals surface area (Å²) in [4.78, 5) is 28.7. The third kappa shape index (κ3) is 2.20. The quantitative estimate of drug-likeness (QED) is 0.621. The molecule has 0 fully saturated rings. The minimum Gasteiger partial charge on any atom is -0.305 e. The normalized spacial score (nSPS) is 11.2. The topological polar surface area (TPSA) is 61.8 Å². The van der Waals surface area contributed by atoms with Crippen molar-refractivity contribution in [3.05, 3.63) is 38.8 Å². The highest BCUT2D eigenvalue weighted by molar-refractivity contribution is 6.29. The molecule has 0 amide bonds. The fourth-order valence-corrected chi connectivity index (χ4v) is 2.38. The van der Waals surface area contributed by atoms with Gasteiger partial charge in [-0.15, -0.1) is 6.58 Å². The van der Waals surface area contributed by atoms with Crippen molar-refractivity contribution < 1.29 is 0 Å². The third-order valence-electron chi connectivity index (χ3n) is 3.23. The zero-order valence-corrected chi connectivity index (χ0v) is 12.4. The number of hydrogen-bond donors (Lipinski definition) is 0. The Bertz CT molecular complexity index is 769. The Hall–Kier alpha value is -1.82. The van der Waals surface area contributed by atoms with E-state index in [2.05, 4.69) is 11.6 Å². The molecule has 0 spiro atoms. The van der Waals surface area contributed by atoms with Crippen molar-refractivity contribution in [1.82, 2.24) is 18.7 Å². The fourth-order valence-electron chi connectivity index (χ4n) is 2.14. The zero-order valence-electron chi connectivity index (χ0n) is 11.6. The molecule has 2 heterocycles. The summed E-state index contributed by atoms with van der Waals surface area (Å²) in [6.45, 7) is 6.56. The van der Waals surface area contributed by atoms with E-state index < -0.39 is 0 Å². The van der Waals surface area contributed by atoms with Crippen molar-refractivity contribution in [3.63, 3.8) is 0 Å². The molecule has 108 valence electrons. The molecule has 2 aromatic rings. The number of aromatic nitrogens is 4. The number of rotatable bonds is 5. The van der Waals surface area contributed by atoms with Crippen molar-refractivity contribution in [2.45, 2.75) is 32.9 Å². The number of unbranched alkanes of at least 4 members (excludes halogenated alkanes) is 1. The van der Waals surface area contributed by atoms with Crippen LogP contribution in [0.1, 0.15) is 19.8 Å². The molecule has 0 aliphatic heterocycles. The van der Waals surface area contributed by atoms with E-state index in [0.717, 1.165) is 17.4 Å². The summed E-state index contributed by atoms with van der Waals surface area (Å²) in [6.07, 6.45) is 3.41. The van der Waals surface area contributed by atoms with Crippen LogP contribution in [-0.2, 0) is 20.1 Å². The van der Waals surface area contributed by atoms with E-state index >= 15 is 0 Å². The van der Waals surface area contributed by atoms with Gasteiger partial charge in [0.1, 0.15) is 0 Å². The van der Waals surface area contributed by atoms with Crippen LogP contribution in [0.5, 0.6) is 0 Å².